The average molecular weight is 188 g/mol. The Labute approximate surface area is 85.1 Å². The van der Waals surface area contributed by atoms with Crippen molar-refractivity contribution in [3.05, 3.63) is 42.0 Å². The summed E-state index contributed by atoms with van der Waals surface area (Å²) in [5.74, 6) is 1.60. The van der Waals surface area contributed by atoms with Crippen molar-refractivity contribution in [1.82, 2.24) is 0 Å². The number of phenols is 1. The van der Waals surface area contributed by atoms with Gasteiger partial charge in [-0.05, 0) is 42.4 Å². The third-order valence-electron chi connectivity index (χ3n) is 3.04. The van der Waals surface area contributed by atoms with E-state index in [1.54, 1.807) is 12.1 Å². The minimum atomic E-state index is 0.354. The molecule has 0 saturated heterocycles. The van der Waals surface area contributed by atoms with Gasteiger partial charge in [0.15, 0.2) is 0 Å². The fourth-order valence-electron chi connectivity index (χ4n) is 2.18. The fraction of sp³-hybridized carbons (Fsp3) is 0.385. The summed E-state index contributed by atoms with van der Waals surface area (Å²) in [6, 6.07) is 7.63. The first-order valence-electron chi connectivity index (χ1n) is 5.23. The predicted octanol–water partition coefficient (Wildman–Crippen LogP) is 3.46. The van der Waals surface area contributed by atoms with E-state index in [-0.39, 0.29) is 0 Å². The molecule has 1 N–H and O–H groups in total. The number of allylic oxidation sites excluding steroid dienone is 2. The van der Waals surface area contributed by atoms with Crippen LogP contribution in [0.25, 0.3) is 0 Å². The van der Waals surface area contributed by atoms with Crippen LogP contribution in [0.4, 0.5) is 0 Å². The quantitative estimate of drug-likeness (QED) is 0.669. The Morgan fingerprint density at radius 2 is 1.93 bits per heavy atom. The molecule has 0 radical (unpaired) electrons. The van der Waals surface area contributed by atoms with Crippen LogP contribution in [0.15, 0.2) is 36.4 Å². The minimum absolute atomic E-state index is 0.354. The normalized spacial score (nSPS) is 26.4. The molecule has 0 aliphatic heterocycles. The third-order valence-corrected chi connectivity index (χ3v) is 3.04. The molecular formula is C13H16O. The Kier molecular flexibility index (Phi) is 2.58. The van der Waals surface area contributed by atoms with Gasteiger partial charge in [0.1, 0.15) is 5.75 Å². The maximum atomic E-state index is 9.21. The van der Waals surface area contributed by atoms with Crippen molar-refractivity contribution in [3.8, 4) is 5.75 Å². The Bertz CT molecular complexity index is 324. The molecule has 2 rings (SSSR count). The molecule has 2 unspecified atom stereocenters. The van der Waals surface area contributed by atoms with Gasteiger partial charge in [-0.1, -0.05) is 31.2 Å². The van der Waals surface area contributed by atoms with Gasteiger partial charge in [0.05, 0.1) is 0 Å². The van der Waals surface area contributed by atoms with Crippen molar-refractivity contribution in [1.29, 1.82) is 0 Å². The average Bonchev–Trinajstić information content (AvgIpc) is 2.20. The summed E-state index contributed by atoms with van der Waals surface area (Å²) in [5, 5.41) is 9.21. The molecule has 0 heterocycles. The maximum absolute atomic E-state index is 9.21. The Hall–Kier alpha value is -1.24. The van der Waals surface area contributed by atoms with Crippen LogP contribution in [-0.4, -0.2) is 5.11 Å². The first kappa shape index (κ1) is 9.32. The molecule has 1 aliphatic rings. The van der Waals surface area contributed by atoms with Crippen molar-refractivity contribution >= 4 is 0 Å². The molecule has 14 heavy (non-hydrogen) atoms. The minimum Gasteiger partial charge on any atom is -0.508 e. The van der Waals surface area contributed by atoms with E-state index in [0.717, 1.165) is 0 Å². The van der Waals surface area contributed by atoms with E-state index in [4.69, 9.17) is 0 Å². The van der Waals surface area contributed by atoms with Crippen molar-refractivity contribution in [2.45, 2.75) is 25.7 Å². The van der Waals surface area contributed by atoms with E-state index in [1.807, 2.05) is 12.1 Å². The van der Waals surface area contributed by atoms with Crippen molar-refractivity contribution in [2.24, 2.45) is 5.92 Å². The summed E-state index contributed by atoms with van der Waals surface area (Å²) < 4.78 is 0. The van der Waals surface area contributed by atoms with Crippen LogP contribution in [-0.2, 0) is 0 Å². The molecule has 74 valence electrons. The SMILES string of the molecule is CC1C=CCCC1c1ccc(O)cc1. The van der Waals surface area contributed by atoms with E-state index in [1.165, 1.54) is 18.4 Å². The van der Waals surface area contributed by atoms with Gasteiger partial charge in [0, 0.05) is 0 Å². The molecule has 0 aromatic heterocycles. The fourth-order valence-corrected chi connectivity index (χ4v) is 2.18. The first-order chi connectivity index (χ1) is 6.77. The first-order valence-corrected chi connectivity index (χ1v) is 5.23. The highest BCUT2D eigenvalue weighted by Crippen LogP contribution is 2.34. The largest absolute Gasteiger partial charge is 0.508 e. The third kappa shape index (κ3) is 1.82. The zero-order chi connectivity index (χ0) is 9.97. The summed E-state index contributed by atoms with van der Waals surface area (Å²) in [6.07, 6.45) is 6.96. The Morgan fingerprint density at radius 1 is 1.21 bits per heavy atom. The summed E-state index contributed by atoms with van der Waals surface area (Å²) in [5.41, 5.74) is 1.35. The number of rotatable bonds is 1. The van der Waals surface area contributed by atoms with Crippen LogP contribution >= 0.6 is 0 Å². The standard InChI is InChI=1S/C13H16O/c1-10-4-2-3-5-13(10)11-6-8-12(14)9-7-11/h2,4,6-10,13-14H,3,5H2,1H3. The number of benzene rings is 1. The van der Waals surface area contributed by atoms with Gasteiger partial charge in [-0.15, -0.1) is 0 Å². The van der Waals surface area contributed by atoms with E-state index in [9.17, 15) is 5.11 Å². The highest BCUT2D eigenvalue weighted by atomic mass is 16.3. The van der Waals surface area contributed by atoms with Crippen LogP contribution in [0.1, 0.15) is 31.2 Å². The molecule has 1 heteroatoms. The van der Waals surface area contributed by atoms with Crippen molar-refractivity contribution in [2.75, 3.05) is 0 Å². The molecule has 1 nitrogen and oxygen atoms in total. The van der Waals surface area contributed by atoms with E-state index in [2.05, 4.69) is 19.1 Å². The van der Waals surface area contributed by atoms with E-state index < -0.39 is 0 Å². The zero-order valence-electron chi connectivity index (χ0n) is 8.48. The predicted molar refractivity (Wildman–Crippen MR) is 58.4 cm³/mol. The molecule has 1 aromatic carbocycles. The second kappa shape index (κ2) is 3.87. The van der Waals surface area contributed by atoms with Gasteiger partial charge >= 0.3 is 0 Å². The summed E-state index contributed by atoms with van der Waals surface area (Å²) >= 11 is 0. The summed E-state index contributed by atoms with van der Waals surface area (Å²) in [6.45, 7) is 2.26. The summed E-state index contributed by atoms with van der Waals surface area (Å²) in [4.78, 5) is 0. The van der Waals surface area contributed by atoms with Crippen molar-refractivity contribution in [3.63, 3.8) is 0 Å². The van der Waals surface area contributed by atoms with Crippen LogP contribution < -0.4 is 0 Å². The molecule has 0 fully saturated rings. The Balaban J connectivity index is 2.22. The maximum Gasteiger partial charge on any atom is 0.115 e. The van der Waals surface area contributed by atoms with Crippen LogP contribution in [0, 0.1) is 5.92 Å². The molecule has 0 spiro atoms. The number of aromatic hydroxyl groups is 1. The lowest BCUT2D eigenvalue weighted by molar-refractivity contribution is 0.470. The second-order valence-electron chi connectivity index (χ2n) is 4.06. The molecule has 0 amide bonds. The van der Waals surface area contributed by atoms with Gasteiger partial charge in [-0.3, -0.25) is 0 Å². The van der Waals surface area contributed by atoms with Crippen LogP contribution in [0.2, 0.25) is 0 Å². The number of hydrogen-bond donors (Lipinski definition) is 1. The molecule has 2 atom stereocenters. The van der Waals surface area contributed by atoms with Gasteiger partial charge in [-0.2, -0.15) is 0 Å². The van der Waals surface area contributed by atoms with Gasteiger partial charge in [-0.25, -0.2) is 0 Å². The van der Waals surface area contributed by atoms with Crippen LogP contribution in [0.3, 0.4) is 0 Å². The lowest BCUT2D eigenvalue weighted by Crippen LogP contribution is -2.10. The highest BCUT2D eigenvalue weighted by molar-refractivity contribution is 5.29. The lowest BCUT2D eigenvalue weighted by atomic mass is 9.80. The molecule has 0 bridgehead atoms. The van der Waals surface area contributed by atoms with Crippen LogP contribution in [0.5, 0.6) is 5.75 Å². The monoisotopic (exact) mass is 188 g/mol. The molecular weight excluding hydrogens is 172 g/mol. The highest BCUT2D eigenvalue weighted by Gasteiger charge is 2.18. The Morgan fingerprint density at radius 3 is 2.57 bits per heavy atom. The molecule has 1 aliphatic carbocycles. The zero-order valence-corrected chi connectivity index (χ0v) is 8.48. The van der Waals surface area contributed by atoms with Gasteiger partial charge < -0.3 is 5.11 Å². The van der Waals surface area contributed by atoms with Crippen molar-refractivity contribution < 1.29 is 5.11 Å². The lowest BCUT2D eigenvalue weighted by Gasteiger charge is -2.24. The van der Waals surface area contributed by atoms with E-state index >= 15 is 0 Å². The smallest absolute Gasteiger partial charge is 0.115 e. The number of hydrogen-bond acceptors (Lipinski definition) is 1. The molecule has 1 aromatic rings. The van der Waals surface area contributed by atoms with Gasteiger partial charge in [0.25, 0.3) is 0 Å². The van der Waals surface area contributed by atoms with E-state index in [0.29, 0.717) is 17.6 Å². The summed E-state index contributed by atoms with van der Waals surface area (Å²) in [7, 11) is 0. The molecule has 0 saturated carbocycles. The number of phenolic OH excluding ortho intramolecular Hbond substituents is 1. The topological polar surface area (TPSA) is 20.2 Å². The van der Waals surface area contributed by atoms with Gasteiger partial charge in [0.2, 0.25) is 0 Å². The second-order valence-corrected chi connectivity index (χ2v) is 4.06.